The van der Waals surface area contributed by atoms with Crippen LogP contribution in [0.4, 0.5) is 17.5 Å². The number of ether oxygens (including phenoxy) is 2. The van der Waals surface area contributed by atoms with E-state index in [9.17, 15) is 0 Å². The van der Waals surface area contributed by atoms with Crippen molar-refractivity contribution < 1.29 is 9.47 Å². The van der Waals surface area contributed by atoms with E-state index in [0.29, 0.717) is 30.2 Å². The molecule has 1 fully saturated rings. The van der Waals surface area contributed by atoms with Gasteiger partial charge >= 0.3 is 0 Å². The lowest BCUT2D eigenvalue weighted by Crippen LogP contribution is -2.46. The van der Waals surface area contributed by atoms with Crippen LogP contribution in [-0.2, 0) is 0 Å². The summed E-state index contributed by atoms with van der Waals surface area (Å²) in [6, 6.07) is 8.15. The highest BCUT2D eigenvalue weighted by molar-refractivity contribution is 5.62. The van der Waals surface area contributed by atoms with Gasteiger partial charge in [0, 0.05) is 37.6 Å². The molecule has 7 heteroatoms. The average molecular weight is 357 g/mol. The highest BCUT2D eigenvalue weighted by Gasteiger charge is 2.22. The van der Waals surface area contributed by atoms with E-state index in [1.54, 1.807) is 19.4 Å². The van der Waals surface area contributed by atoms with Crippen LogP contribution in [0.5, 0.6) is 11.5 Å². The molecule has 1 atom stereocenters. The van der Waals surface area contributed by atoms with Gasteiger partial charge < -0.3 is 25.0 Å². The van der Waals surface area contributed by atoms with Gasteiger partial charge in [-0.25, -0.2) is 4.98 Å². The van der Waals surface area contributed by atoms with E-state index >= 15 is 0 Å². The van der Waals surface area contributed by atoms with Crippen LogP contribution in [0.1, 0.15) is 19.8 Å². The summed E-state index contributed by atoms with van der Waals surface area (Å²) < 4.78 is 11.4. The van der Waals surface area contributed by atoms with Crippen molar-refractivity contribution in [3.05, 3.63) is 30.5 Å². The Hall–Kier alpha value is -2.54. The molecule has 3 rings (SSSR count). The third-order valence-electron chi connectivity index (χ3n) is 4.80. The Kier molecular flexibility index (Phi) is 5.78. The molecule has 2 aromatic rings. The number of hydrogen-bond acceptors (Lipinski definition) is 7. The Balaban J connectivity index is 1.65. The summed E-state index contributed by atoms with van der Waals surface area (Å²) >= 11 is 0. The number of aromatic nitrogens is 2. The highest BCUT2D eigenvalue weighted by Crippen LogP contribution is 2.33. The molecule has 0 saturated carbocycles. The first kappa shape index (κ1) is 18.3. The van der Waals surface area contributed by atoms with Crippen molar-refractivity contribution in [3.8, 4) is 11.5 Å². The fourth-order valence-electron chi connectivity index (χ4n) is 2.98. The maximum Gasteiger partial charge on any atom is 0.231 e. The quantitative estimate of drug-likeness (QED) is 0.728. The van der Waals surface area contributed by atoms with Gasteiger partial charge in [-0.15, -0.1) is 0 Å². The minimum Gasteiger partial charge on any atom is -0.493 e. The summed E-state index contributed by atoms with van der Waals surface area (Å²) in [6.07, 6.45) is 3.94. The Morgan fingerprint density at radius 2 is 2.15 bits per heavy atom. The molecule has 0 aliphatic carbocycles. The van der Waals surface area contributed by atoms with Gasteiger partial charge in [0.05, 0.1) is 13.7 Å². The molecular formula is C19H27N5O2. The molecule has 0 amide bonds. The number of rotatable bonds is 8. The Labute approximate surface area is 154 Å². The molecule has 1 aromatic heterocycles. The first-order valence-electron chi connectivity index (χ1n) is 8.95. The number of nitrogens with two attached hydrogens (primary N) is 1. The van der Waals surface area contributed by atoms with Crippen molar-refractivity contribution in [1.82, 2.24) is 14.9 Å². The highest BCUT2D eigenvalue weighted by atomic mass is 16.5. The zero-order valence-corrected chi connectivity index (χ0v) is 15.7. The van der Waals surface area contributed by atoms with E-state index in [0.717, 1.165) is 24.4 Å². The van der Waals surface area contributed by atoms with Crippen molar-refractivity contribution in [2.75, 3.05) is 44.5 Å². The van der Waals surface area contributed by atoms with Gasteiger partial charge in [0.15, 0.2) is 11.5 Å². The molecular weight excluding hydrogens is 330 g/mol. The van der Waals surface area contributed by atoms with Gasteiger partial charge in [-0.05, 0) is 44.5 Å². The second-order valence-electron chi connectivity index (χ2n) is 6.55. The van der Waals surface area contributed by atoms with Crippen molar-refractivity contribution in [2.45, 2.75) is 25.8 Å². The van der Waals surface area contributed by atoms with E-state index in [1.165, 1.54) is 13.0 Å². The van der Waals surface area contributed by atoms with Gasteiger partial charge in [0.25, 0.3) is 0 Å². The molecule has 0 bridgehead atoms. The van der Waals surface area contributed by atoms with Crippen LogP contribution in [0.3, 0.4) is 0 Å². The van der Waals surface area contributed by atoms with Crippen LogP contribution in [0.15, 0.2) is 30.5 Å². The molecule has 0 radical (unpaired) electrons. The molecule has 1 aliphatic rings. The zero-order valence-electron chi connectivity index (χ0n) is 15.7. The number of methoxy groups -OCH3 is 1. The molecule has 0 spiro atoms. The number of likely N-dealkylation sites (tertiary alicyclic amines) is 1. The fourth-order valence-corrected chi connectivity index (χ4v) is 2.98. The van der Waals surface area contributed by atoms with Gasteiger partial charge in [0.1, 0.15) is 5.82 Å². The fraction of sp³-hybridized carbons (Fsp3) is 0.474. The van der Waals surface area contributed by atoms with E-state index in [-0.39, 0.29) is 0 Å². The van der Waals surface area contributed by atoms with Crippen LogP contribution in [-0.4, -0.2) is 54.8 Å². The van der Waals surface area contributed by atoms with Crippen molar-refractivity contribution >= 4 is 17.5 Å². The average Bonchev–Trinajstić information content (AvgIpc) is 2.65. The molecule has 2 N–H and O–H groups in total. The van der Waals surface area contributed by atoms with E-state index in [1.807, 2.05) is 30.1 Å². The first-order valence-corrected chi connectivity index (χ1v) is 8.95. The molecule has 1 aliphatic heterocycles. The number of hydrogen-bond donors (Lipinski definition) is 1. The largest absolute Gasteiger partial charge is 0.493 e. The normalized spacial score (nSPS) is 16.8. The number of nitrogens with zero attached hydrogens (tertiary/aromatic N) is 4. The predicted molar refractivity (Wildman–Crippen MR) is 103 cm³/mol. The van der Waals surface area contributed by atoms with E-state index in [2.05, 4.69) is 21.8 Å². The molecule has 7 nitrogen and oxygen atoms in total. The topological polar surface area (TPSA) is 76.7 Å². The molecule has 140 valence electrons. The lowest BCUT2D eigenvalue weighted by Gasteiger charge is -2.38. The van der Waals surface area contributed by atoms with Gasteiger partial charge in [0.2, 0.25) is 5.95 Å². The molecule has 1 unspecified atom stereocenters. The maximum absolute atomic E-state index is 5.99. The second-order valence-corrected chi connectivity index (χ2v) is 6.55. The summed E-state index contributed by atoms with van der Waals surface area (Å²) in [4.78, 5) is 12.9. The Morgan fingerprint density at radius 3 is 2.81 bits per heavy atom. The van der Waals surface area contributed by atoms with Crippen molar-refractivity contribution in [2.24, 2.45) is 0 Å². The number of anilines is 3. The lowest BCUT2D eigenvalue weighted by molar-refractivity contribution is 0.0965. The number of benzene rings is 1. The molecule has 1 aromatic carbocycles. The first-order chi connectivity index (χ1) is 12.6. The minimum absolute atomic E-state index is 0.437. The van der Waals surface area contributed by atoms with Crippen LogP contribution in [0, 0.1) is 0 Å². The zero-order chi connectivity index (χ0) is 18.5. The van der Waals surface area contributed by atoms with Crippen LogP contribution in [0.2, 0.25) is 0 Å². The minimum atomic E-state index is 0.437. The third-order valence-corrected chi connectivity index (χ3v) is 4.80. The predicted octanol–water partition coefficient (Wildman–Crippen LogP) is 2.70. The van der Waals surface area contributed by atoms with Crippen LogP contribution < -0.4 is 20.1 Å². The Morgan fingerprint density at radius 1 is 1.31 bits per heavy atom. The molecule has 1 saturated heterocycles. The Bertz CT molecular complexity index is 740. The van der Waals surface area contributed by atoms with Crippen LogP contribution >= 0.6 is 0 Å². The summed E-state index contributed by atoms with van der Waals surface area (Å²) in [7, 11) is 3.54. The van der Waals surface area contributed by atoms with Gasteiger partial charge in [-0.1, -0.05) is 0 Å². The standard InChI is InChI=1S/C19H27N5O2/c1-14-8-11-24(14)10-4-12-26-17-13-15(5-6-16(17)25-3)23(2)19-21-9-7-18(20)22-19/h5-7,9,13-14H,4,8,10-12H2,1-3H3,(H2,20,21,22). The summed E-state index contributed by atoms with van der Waals surface area (Å²) in [5.74, 6) is 2.41. The van der Waals surface area contributed by atoms with Gasteiger partial charge in [-0.3, -0.25) is 0 Å². The van der Waals surface area contributed by atoms with Crippen LogP contribution in [0.25, 0.3) is 0 Å². The molecule has 2 heterocycles. The summed E-state index contributed by atoms with van der Waals surface area (Å²) in [5.41, 5.74) is 6.66. The van der Waals surface area contributed by atoms with E-state index in [4.69, 9.17) is 15.2 Å². The molecule has 26 heavy (non-hydrogen) atoms. The second kappa shape index (κ2) is 8.23. The van der Waals surface area contributed by atoms with E-state index < -0.39 is 0 Å². The summed E-state index contributed by atoms with van der Waals surface area (Å²) in [5, 5.41) is 0. The van der Waals surface area contributed by atoms with Gasteiger partial charge in [-0.2, -0.15) is 4.98 Å². The monoisotopic (exact) mass is 357 g/mol. The maximum atomic E-state index is 5.99. The number of nitrogen functional groups attached to an aromatic ring is 1. The SMILES string of the molecule is COc1ccc(N(C)c2nccc(N)n2)cc1OCCCN1CCC1C. The third kappa shape index (κ3) is 4.16. The summed E-state index contributed by atoms with van der Waals surface area (Å²) in [6.45, 7) is 5.19. The smallest absolute Gasteiger partial charge is 0.231 e. The van der Waals surface area contributed by atoms with Crippen molar-refractivity contribution in [1.29, 1.82) is 0 Å². The van der Waals surface area contributed by atoms with Crippen molar-refractivity contribution in [3.63, 3.8) is 0 Å². The lowest BCUT2D eigenvalue weighted by atomic mass is 10.1.